The molecule has 0 amide bonds. The van der Waals surface area contributed by atoms with Crippen molar-refractivity contribution in [1.82, 2.24) is 0 Å². The molecule has 1 N–H and O–H groups in total. The molecule has 1 unspecified atom stereocenters. The van der Waals surface area contributed by atoms with E-state index in [0.717, 1.165) is 16.3 Å². The molecule has 2 rings (SSSR count). The van der Waals surface area contributed by atoms with Crippen LogP contribution in [0.3, 0.4) is 0 Å². The van der Waals surface area contributed by atoms with Crippen LogP contribution in [-0.4, -0.2) is 17.0 Å². The largest absolute Gasteiger partial charge is 0.392 e. The predicted molar refractivity (Wildman–Crippen MR) is 76.2 cm³/mol. The van der Waals surface area contributed by atoms with E-state index in [1.807, 2.05) is 41.8 Å². The Kier molecular flexibility index (Phi) is 4.92. The maximum atomic E-state index is 9.92. The molecule has 0 bridgehead atoms. The minimum atomic E-state index is -0.324. The van der Waals surface area contributed by atoms with Crippen molar-refractivity contribution in [2.24, 2.45) is 0 Å². The topological polar surface area (TPSA) is 20.2 Å². The van der Waals surface area contributed by atoms with Crippen molar-refractivity contribution in [3.05, 3.63) is 51.7 Å². The van der Waals surface area contributed by atoms with Crippen molar-refractivity contribution in [3.8, 4) is 0 Å². The van der Waals surface area contributed by atoms with Crippen LogP contribution in [0.1, 0.15) is 4.88 Å². The summed E-state index contributed by atoms with van der Waals surface area (Å²) in [7, 11) is 0. The molecule has 1 heterocycles. The first-order valence-electron chi connectivity index (χ1n) is 5.33. The van der Waals surface area contributed by atoms with E-state index >= 15 is 0 Å². The number of thioether (sulfide) groups is 1. The summed E-state index contributed by atoms with van der Waals surface area (Å²) < 4.78 is 0. The van der Waals surface area contributed by atoms with Crippen molar-refractivity contribution in [1.29, 1.82) is 0 Å². The zero-order chi connectivity index (χ0) is 12.1. The highest BCUT2D eigenvalue weighted by Gasteiger charge is 2.08. The van der Waals surface area contributed by atoms with Crippen LogP contribution in [0.5, 0.6) is 0 Å². The van der Waals surface area contributed by atoms with Crippen molar-refractivity contribution in [3.63, 3.8) is 0 Å². The van der Waals surface area contributed by atoms with E-state index in [9.17, 15) is 5.11 Å². The van der Waals surface area contributed by atoms with Gasteiger partial charge in [0.1, 0.15) is 0 Å². The lowest BCUT2D eigenvalue weighted by atomic mass is 10.2. The van der Waals surface area contributed by atoms with E-state index in [-0.39, 0.29) is 6.10 Å². The number of hydrogen-bond acceptors (Lipinski definition) is 3. The van der Waals surface area contributed by atoms with Crippen molar-refractivity contribution < 1.29 is 5.11 Å². The lowest BCUT2D eigenvalue weighted by molar-refractivity contribution is 0.201. The van der Waals surface area contributed by atoms with Crippen molar-refractivity contribution in [2.45, 2.75) is 17.4 Å². The highest BCUT2D eigenvalue weighted by atomic mass is 35.5. The molecule has 1 atom stereocenters. The van der Waals surface area contributed by atoms with Crippen LogP contribution in [0.2, 0.25) is 5.02 Å². The van der Waals surface area contributed by atoms with Gasteiger partial charge in [-0.25, -0.2) is 0 Å². The molecule has 1 aromatic heterocycles. The number of halogens is 1. The average Bonchev–Trinajstić information content (AvgIpc) is 2.81. The first-order valence-corrected chi connectivity index (χ1v) is 7.58. The molecule has 0 saturated carbocycles. The third kappa shape index (κ3) is 4.03. The van der Waals surface area contributed by atoms with Crippen LogP contribution in [-0.2, 0) is 6.42 Å². The summed E-state index contributed by atoms with van der Waals surface area (Å²) in [6.45, 7) is 0. The fraction of sp³-hybridized carbons (Fsp3) is 0.231. The minimum Gasteiger partial charge on any atom is -0.392 e. The molecule has 4 heteroatoms. The summed E-state index contributed by atoms with van der Waals surface area (Å²) in [5, 5.41) is 12.7. The zero-order valence-corrected chi connectivity index (χ0v) is 11.6. The summed E-state index contributed by atoms with van der Waals surface area (Å²) in [6.07, 6.45) is 0.393. The first kappa shape index (κ1) is 13.0. The summed E-state index contributed by atoms with van der Waals surface area (Å²) >= 11 is 9.33. The van der Waals surface area contributed by atoms with E-state index in [1.165, 1.54) is 4.88 Å². The molecule has 1 nitrogen and oxygen atoms in total. The highest BCUT2D eigenvalue weighted by Crippen LogP contribution is 2.27. The van der Waals surface area contributed by atoms with Gasteiger partial charge in [0.25, 0.3) is 0 Å². The Morgan fingerprint density at radius 3 is 2.76 bits per heavy atom. The Morgan fingerprint density at radius 1 is 1.24 bits per heavy atom. The van der Waals surface area contributed by atoms with E-state index in [0.29, 0.717) is 5.75 Å². The van der Waals surface area contributed by atoms with Gasteiger partial charge in [-0.3, -0.25) is 0 Å². The van der Waals surface area contributed by atoms with Gasteiger partial charge in [0.2, 0.25) is 0 Å². The van der Waals surface area contributed by atoms with Gasteiger partial charge in [0.05, 0.1) is 11.1 Å². The summed E-state index contributed by atoms with van der Waals surface area (Å²) in [5.41, 5.74) is 0. The molecule has 0 aliphatic rings. The van der Waals surface area contributed by atoms with Gasteiger partial charge in [-0.05, 0) is 23.6 Å². The van der Waals surface area contributed by atoms with Crippen molar-refractivity contribution in [2.75, 3.05) is 5.75 Å². The molecule has 90 valence electrons. The number of aliphatic hydroxyl groups excluding tert-OH is 1. The summed E-state index contributed by atoms with van der Waals surface area (Å²) in [6, 6.07) is 11.8. The molecule has 17 heavy (non-hydrogen) atoms. The van der Waals surface area contributed by atoms with Gasteiger partial charge in [-0.1, -0.05) is 29.8 Å². The normalized spacial score (nSPS) is 12.6. The number of benzene rings is 1. The van der Waals surface area contributed by atoms with E-state index in [2.05, 4.69) is 0 Å². The molecular formula is C13H13ClOS2. The van der Waals surface area contributed by atoms with Crippen LogP contribution in [0, 0.1) is 0 Å². The van der Waals surface area contributed by atoms with Gasteiger partial charge < -0.3 is 5.11 Å². The van der Waals surface area contributed by atoms with Gasteiger partial charge in [0.15, 0.2) is 0 Å². The smallest absolute Gasteiger partial charge is 0.0682 e. The second-order valence-corrected chi connectivity index (χ2v) is 6.18. The zero-order valence-electron chi connectivity index (χ0n) is 9.17. The molecule has 0 radical (unpaired) electrons. The second-order valence-electron chi connectivity index (χ2n) is 3.68. The van der Waals surface area contributed by atoms with Crippen LogP contribution in [0.25, 0.3) is 0 Å². The SMILES string of the molecule is OC(CSc1ccccc1Cl)Cc1cccs1. The lowest BCUT2D eigenvalue weighted by Gasteiger charge is -2.09. The number of rotatable bonds is 5. The third-order valence-corrected chi connectivity index (χ3v) is 4.84. The maximum absolute atomic E-state index is 9.92. The average molecular weight is 285 g/mol. The van der Waals surface area contributed by atoms with Crippen LogP contribution >= 0.6 is 34.7 Å². The molecular weight excluding hydrogens is 272 g/mol. The quantitative estimate of drug-likeness (QED) is 0.834. The van der Waals surface area contributed by atoms with Gasteiger partial charge in [0, 0.05) is 21.9 Å². The molecule has 0 saturated heterocycles. The highest BCUT2D eigenvalue weighted by molar-refractivity contribution is 7.99. The van der Waals surface area contributed by atoms with Gasteiger partial charge in [-0.2, -0.15) is 0 Å². The molecule has 2 aromatic rings. The number of aliphatic hydroxyl groups is 1. The Bertz CT molecular complexity index is 456. The fourth-order valence-electron chi connectivity index (χ4n) is 1.47. The van der Waals surface area contributed by atoms with Crippen molar-refractivity contribution >= 4 is 34.7 Å². The Morgan fingerprint density at radius 2 is 2.06 bits per heavy atom. The molecule has 1 aromatic carbocycles. The minimum absolute atomic E-state index is 0.324. The summed E-state index contributed by atoms with van der Waals surface area (Å²) in [5.74, 6) is 0.668. The van der Waals surface area contributed by atoms with Crippen LogP contribution < -0.4 is 0 Å². The second kappa shape index (κ2) is 6.45. The van der Waals surface area contributed by atoms with E-state index < -0.39 is 0 Å². The monoisotopic (exact) mass is 284 g/mol. The van der Waals surface area contributed by atoms with E-state index in [1.54, 1.807) is 23.1 Å². The number of hydrogen-bond donors (Lipinski definition) is 1. The van der Waals surface area contributed by atoms with Crippen LogP contribution in [0.4, 0.5) is 0 Å². The standard InChI is InChI=1S/C13H13ClOS2/c14-12-5-1-2-6-13(12)17-9-10(15)8-11-4-3-7-16-11/h1-7,10,15H,8-9H2. The van der Waals surface area contributed by atoms with Gasteiger partial charge in [-0.15, -0.1) is 23.1 Å². The van der Waals surface area contributed by atoms with Crippen LogP contribution in [0.15, 0.2) is 46.7 Å². The van der Waals surface area contributed by atoms with E-state index in [4.69, 9.17) is 11.6 Å². The predicted octanol–water partition coefficient (Wildman–Crippen LogP) is 4.10. The number of thiophene rings is 1. The Hall–Kier alpha value is -0.480. The third-order valence-electron chi connectivity index (χ3n) is 2.28. The molecule has 0 spiro atoms. The lowest BCUT2D eigenvalue weighted by Crippen LogP contribution is -2.12. The molecule has 0 aliphatic heterocycles. The van der Waals surface area contributed by atoms with Gasteiger partial charge >= 0.3 is 0 Å². The summed E-state index contributed by atoms with van der Waals surface area (Å²) in [4.78, 5) is 2.25. The first-order chi connectivity index (χ1) is 8.25. The molecule has 0 aliphatic carbocycles. The molecule has 0 fully saturated rings. The fourth-order valence-corrected chi connectivity index (χ4v) is 3.42. The Balaban J connectivity index is 1.84. The maximum Gasteiger partial charge on any atom is 0.0682 e. The Labute approximate surface area is 114 Å².